The number of benzene rings is 1. The molecule has 2 aromatic rings. The Hall–Kier alpha value is -1.68. The van der Waals surface area contributed by atoms with Crippen molar-refractivity contribution in [3.8, 4) is 5.75 Å². The summed E-state index contributed by atoms with van der Waals surface area (Å²) in [5.74, 6) is 1.34. The summed E-state index contributed by atoms with van der Waals surface area (Å²) < 4.78 is 7.06. The third-order valence-corrected chi connectivity index (χ3v) is 2.79. The monoisotopic (exact) mass is 251 g/mol. The van der Waals surface area contributed by atoms with Gasteiger partial charge in [-0.25, -0.2) is 0 Å². The second-order valence-corrected chi connectivity index (χ2v) is 4.29. The first-order valence-corrected chi connectivity index (χ1v) is 5.60. The topological polar surface area (TPSA) is 53.1 Å². The maximum atomic E-state index is 5.97. The average Bonchev–Trinajstić information content (AvgIpc) is 2.58. The summed E-state index contributed by atoms with van der Waals surface area (Å²) in [4.78, 5) is 0. The van der Waals surface area contributed by atoms with Crippen LogP contribution in [-0.4, -0.2) is 16.9 Å². The van der Waals surface area contributed by atoms with Crippen molar-refractivity contribution >= 4 is 17.4 Å². The van der Waals surface area contributed by atoms with Gasteiger partial charge in [-0.2, -0.15) is 5.10 Å². The Kier molecular flexibility index (Phi) is 3.24. The second-order valence-electron chi connectivity index (χ2n) is 3.85. The van der Waals surface area contributed by atoms with E-state index in [9.17, 15) is 0 Å². The van der Waals surface area contributed by atoms with Crippen molar-refractivity contribution in [2.24, 2.45) is 0 Å². The van der Waals surface area contributed by atoms with Crippen LogP contribution in [0.3, 0.4) is 0 Å². The van der Waals surface area contributed by atoms with Crippen LogP contribution >= 0.6 is 11.6 Å². The molecule has 0 aliphatic rings. The number of hydrogen-bond acceptors (Lipinski definition) is 3. The second kappa shape index (κ2) is 4.67. The number of nitrogens with zero attached hydrogens (tertiary/aromatic N) is 2. The van der Waals surface area contributed by atoms with E-state index in [1.807, 2.05) is 25.3 Å². The molecule has 2 N–H and O–H groups in total. The lowest BCUT2D eigenvalue weighted by molar-refractivity contribution is 0.407. The molecule has 4 nitrogen and oxygen atoms in total. The number of methoxy groups -OCH3 is 1. The zero-order valence-electron chi connectivity index (χ0n) is 9.77. The van der Waals surface area contributed by atoms with Crippen LogP contribution in [0.4, 0.5) is 5.82 Å². The molecule has 1 aromatic heterocycles. The Morgan fingerprint density at radius 3 is 2.82 bits per heavy atom. The van der Waals surface area contributed by atoms with Crippen molar-refractivity contribution in [1.29, 1.82) is 0 Å². The van der Waals surface area contributed by atoms with Crippen molar-refractivity contribution in [3.05, 3.63) is 40.5 Å². The van der Waals surface area contributed by atoms with Crippen LogP contribution in [0, 0.1) is 6.92 Å². The molecule has 0 fully saturated rings. The van der Waals surface area contributed by atoms with Gasteiger partial charge in [0.2, 0.25) is 0 Å². The highest BCUT2D eigenvalue weighted by Gasteiger charge is 2.07. The molecule has 2 rings (SSSR count). The molecule has 1 aromatic carbocycles. The zero-order chi connectivity index (χ0) is 12.4. The largest absolute Gasteiger partial charge is 0.496 e. The Balaban J connectivity index is 2.31. The van der Waals surface area contributed by atoms with E-state index in [1.54, 1.807) is 17.9 Å². The minimum atomic E-state index is 0.547. The van der Waals surface area contributed by atoms with Crippen LogP contribution in [0.1, 0.15) is 11.1 Å². The molecule has 0 amide bonds. The normalized spacial score (nSPS) is 10.5. The first kappa shape index (κ1) is 11.8. The van der Waals surface area contributed by atoms with Gasteiger partial charge in [0.15, 0.2) is 0 Å². The first-order valence-electron chi connectivity index (χ1n) is 5.22. The van der Waals surface area contributed by atoms with E-state index < -0.39 is 0 Å². The Bertz CT molecular complexity index is 517. The van der Waals surface area contributed by atoms with E-state index in [2.05, 4.69) is 5.10 Å². The number of ether oxygens (including phenoxy) is 1. The average molecular weight is 252 g/mol. The molecule has 0 saturated heterocycles. The summed E-state index contributed by atoms with van der Waals surface area (Å²) in [5.41, 5.74) is 7.64. The number of hydrogen-bond donors (Lipinski definition) is 1. The standard InChI is InChI=1S/C12H14ClN3O/c1-8-6-16(15-12(8)14)7-9-5-10(13)3-4-11(9)17-2/h3-6H,7H2,1-2H3,(H2,14,15). The van der Waals surface area contributed by atoms with E-state index in [0.29, 0.717) is 17.4 Å². The van der Waals surface area contributed by atoms with Gasteiger partial charge in [0, 0.05) is 22.3 Å². The van der Waals surface area contributed by atoms with Crippen molar-refractivity contribution < 1.29 is 4.74 Å². The zero-order valence-corrected chi connectivity index (χ0v) is 10.5. The van der Waals surface area contributed by atoms with Crippen molar-refractivity contribution in [2.45, 2.75) is 13.5 Å². The number of nitrogens with two attached hydrogens (primary N) is 1. The third-order valence-electron chi connectivity index (χ3n) is 2.56. The Labute approximate surface area is 105 Å². The van der Waals surface area contributed by atoms with Gasteiger partial charge in [-0.05, 0) is 25.1 Å². The molecule has 0 aliphatic heterocycles. The molecule has 5 heteroatoms. The third kappa shape index (κ3) is 2.53. The van der Waals surface area contributed by atoms with Crippen LogP contribution in [-0.2, 0) is 6.54 Å². The summed E-state index contributed by atoms with van der Waals surface area (Å²) in [6, 6.07) is 5.51. The summed E-state index contributed by atoms with van der Waals surface area (Å²) in [6.45, 7) is 2.51. The molecule has 90 valence electrons. The highest BCUT2D eigenvalue weighted by Crippen LogP contribution is 2.23. The van der Waals surface area contributed by atoms with E-state index in [4.69, 9.17) is 22.1 Å². The van der Waals surface area contributed by atoms with Gasteiger partial charge in [0.05, 0.1) is 13.7 Å². The van der Waals surface area contributed by atoms with Gasteiger partial charge in [0.25, 0.3) is 0 Å². The molecule has 0 aliphatic carbocycles. The number of rotatable bonds is 3. The number of nitrogen functional groups attached to an aromatic ring is 1. The molecule has 17 heavy (non-hydrogen) atoms. The summed E-state index contributed by atoms with van der Waals surface area (Å²) in [5, 5.41) is 4.88. The lowest BCUT2D eigenvalue weighted by Crippen LogP contribution is -2.03. The van der Waals surface area contributed by atoms with Crippen LogP contribution in [0.5, 0.6) is 5.75 Å². The summed E-state index contributed by atoms with van der Waals surface area (Å²) in [7, 11) is 1.63. The molecule has 0 atom stereocenters. The SMILES string of the molecule is COc1ccc(Cl)cc1Cn1cc(C)c(N)n1. The van der Waals surface area contributed by atoms with E-state index in [0.717, 1.165) is 16.9 Å². The predicted molar refractivity (Wildman–Crippen MR) is 68.5 cm³/mol. The lowest BCUT2D eigenvalue weighted by Gasteiger charge is -2.08. The molecule has 0 spiro atoms. The predicted octanol–water partition coefficient (Wildman–Crippen LogP) is 2.48. The molecule has 1 heterocycles. The molecular weight excluding hydrogens is 238 g/mol. The van der Waals surface area contributed by atoms with E-state index in [-0.39, 0.29) is 0 Å². The minimum Gasteiger partial charge on any atom is -0.496 e. The van der Waals surface area contributed by atoms with Gasteiger partial charge in [0.1, 0.15) is 11.6 Å². The molecular formula is C12H14ClN3O. The molecule has 0 bridgehead atoms. The highest BCUT2D eigenvalue weighted by atomic mass is 35.5. The number of aromatic nitrogens is 2. The maximum Gasteiger partial charge on any atom is 0.148 e. The smallest absolute Gasteiger partial charge is 0.148 e. The van der Waals surface area contributed by atoms with Gasteiger partial charge in [-0.3, -0.25) is 4.68 Å². The van der Waals surface area contributed by atoms with Gasteiger partial charge >= 0.3 is 0 Å². The van der Waals surface area contributed by atoms with Crippen LogP contribution < -0.4 is 10.5 Å². The minimum absolute atomic E-state index is 0.547. The van der Waals surface area contributed by atoms with Gasteiger partial charge in [-0.1, -0.05) is 11.6 Å². The summed E-state index contributed by atoms with van der Waals surface area (Å²) in [6.07, 6.45) is 1.90. The first-order chi connectivity index (χ1) is 8.10. The van der Waals surface area contributed by atoms with Gasteiger partial charge < -0.3 is 10.5 Å². The van der Waals surface area contributed by atoms with Crippen LogP contribution in [0.15, 0.2) is 24.4 Å². The molecule has 0 radical (unpaired) electrons. The summed E-state index contributed by atoms with van der Waals surface area (Å²) >= 11 is 5.97. The van der Waals surface area contributed by atoms with Gasteiger partial charge in [-0.15, -0.1) is 0 Å². The Morgan fingerprint density at radius 2 is 2.24 bits per heavy atom. The highest BCUT2D eigenvalue weighted by molar-refractivity contribution is 6.30. The molecule has 0 unspecified atom stereocenters. The van der Waals surface area contributed by atoms with Crippen molar-refractivity contribution in [2.75, 3.05) is 12.8 Å². The number of aryl methyl sites for hydroxylation is 1. The van der Waals surface area contributed by atoms with E-state index >= 15 is 0 Å². The van der Waals surface area contributed by atoms with Crippen LogP contribution in [0.25, 0.3) is 0 Å². The van der Waals surface area contributed by atoms with Crippen molar-refractivity contribution in [1.82, 2.24) is 9.78 Å². The quantitative estimate of drug-likeness (QED) is 0.912. The number of halogens is 1. The number of anilines is 1. The van der Waals surface area contributed by atoms with Crippen LogP contribution in [0.2, 0.25) is 5.02 Å². The van der Waals surface area contributed by atoms with Crippen molar-refractivity contribution in [3.63, 3.8) is 0 Å². The maximum absolute atomic E-state index is 5.97. The fraction of sp³-hybridized carbons (Fsp3) is 0.250. The Morgan fingerprint density at radius 1 is 1.47 bits per heavy atom. The lowest BCUT2D eigenvalue weighted by atomic mass is 10.2. The van der Waals surface area contributed by atoms with E-state index in [1.165, 1.54) is 0 Å². The fourth-order valence-corrected chi connectivity index (χ4v) is 1.86. The molecule has 0 saturated carbocycles. The fourth-order valence-electron chi connectivity index (χ4n) is 1.66.